The van der Waals surface area contributed by atoms with Crippen molar-refractivity contribution in [1.82, 2.24) is 0 Å². The first kappa shape index (κ1) is 14.9. The van der Waals surface area contributed by atoms with Crippen LogP contribution in [0.1, 0.15) is 6.42 Å². The number of cyclic esters (lactones) is 1. The van der Waals surface area contributed by atoms with Crippen LogP contribution in [0.5, 0.6) is 0 Å². The molecule has 1 aliphatic heterocycles. The maximum absolute atomic E-state index is 11.6. The Balaban J connectivity index is 2.42. The zero-order chi connectivity index (χ0) is 13.3. The maximum atomic E-state index is 11.6. The number of ether oxygens (including phenoxy) is 1. The quantitative estimate of drug-likeness (QED) is 0.571. The molecular weight excluding hydrogens is 252 g/mol. The van der Waals surface area contributed by atoms with Crippen LogP contribution in [-0.2, 0) is 18.4 Å². The van der Waals surface area contributed by atoms with Crippen LogP contribution in [0.3, 0.4) is 0 Å². The molecule has 0 bridgehead atoms. The second kappa shape index (κ2) is 5.21. The molecule has 6 heteroatoms. The fourth-order valence-electron chi connectivity index (χ4n) is 1.59. The van der Waals surface area contributed by atoms with Gasteiger partial charge >= 0.3 is 5.97 Å². The van der Waals surface area contributed by atoms with E-state index in [1.165, 1.54) is 0 Å². The predicted molar refractivity (Wildman–Crippen MR) is 72.0 cm³/mol. The molecule has 100 valence electrons. The number of hydrogen-bond donors (Lipinski definition) is 0. The second-order valence-electron chi connectivity index (χ2n) is 6.44. The SMILES string of the molecule is C[Si](C)(C)OC[C@H]1C[C@@H](O[Si](C)(C)C)C(=O)O1. The van der Waals surface area contributed by atoms with E-state index >= 15 is 0 Å². The molecule has 0 spiro atoms. The highest BCUT2D eigenvalue weighted by Crippen LogP contribution is 2.22. The van der Waals surface area contributed by atoms with Crippen LogP contribution in [0.2, 0.25) is 39.3 Å². The van der Waals surface area contributed by atoms with Crippen LogP contribution < -0.4 is 0 Å². The van der Waals surface area contributed by atoms with E-state index in [0.29, 0.717) is 13.0 Å². The highest BCUT2D eigenvalue weighted by molar-refractivity contribution is 6.70. The van der Waals surface area contributed by atoms with Gasteiger partial charge in [0.05, 0.1) is 6.61 Å². The van der Waals surface area contributed by atoms with Crippen molar-refractivity contribution in [3.8, 4) is 0 Å². The van der Waals surface area contributed by atoms with Gasteiger partial charge in [-0.1, -0.05) is 0 Å². The Hall–Kier alpha value is -0.176. The molecule has 0 aliphatic carbocycles. The minimum absolute atomic E-state index is 0.129. The van der Waals surface area contributed by atoms with Gasteiger partial charge in [0.2, 0.25) is 0 Å². The predicted octanol–water partition coefficient (Wildman–Crippen LogP) is 2.37. The van der Waals surface area contributed by atoms with Crippen molar-refractivity contribution in [2.45, 2.75) is 57.9 Å². The van der Waals surface area contributed by atoms with Gasteiger partial charge in [0.15, 0.2) is 16.6 Å². The molecule has 0 aromatic heterocycles. The average molecular weight is 276 g/mol. The summed E-state index contributed by atoms with van der Waals surface area (Å²) in [6, 6.07) is 0. The summed E-state index contributed by atoms with van der Waals surface area (Å²) in [5.74, 6) is -0.225. The molecule has 1 fully saturated rings. The molecular formula is C11H24O4Si2. The zero-order valence-corrected chi connectivity index (χ0v) is 13.7. The van der Waals surface area contributed by atoms with Gasteiger partial charge in [-0.2, -0.15) is 0 Å². The Morgan fingerprint density at radius 2 is 1.76 bits per heavy atom. The first-order chi connectivity index (χ1) is 7.57. The number of carbonyl (C=O) groups excluding carboxylic acids is 1. The third kappa shape index (κ3) is 5.80. The minimum atomic E-state index is -1.69. The molecule has 2 atom stereocenters. The molecule has 1 saturated heterocycles. The lowest BCUT2D eigenvalue weighted by Crippen LogP contribution is -2.34. The standard InChI is InChI=1S/C11H24O4Si2/c1-16(2,3)13-8-9-7-10(11(12)14-9)15-17(4,5)6/h9-10H,7-8H2,1-6H3/t9-,10-/m1/s1. The second-order valence-corrected chi connectivity index (χ2v) is 15.4. The first-order valence-corrected chi connectivity index (χ1v) is 12.9. The van der Waals surface area contributed by atoms with Crippen molar-refractivity contribution < 1.29 is 18.4 Å². The van der Waals surface area contributed by atoms with E-state index in [2.05, 4.69) is 39.3 Å². The van der Waals surface area contributed by atoms with Crippen molar-refractivity contribution in [2.24, 2.45) is 0 Å². The molecule has 17 heavy (non-hydrogen) atoms. The van der Waals surface area contributed by atoms with Crippen LogP contribution in [-0.4, -0.2) is 41.4 Å². The number of hydrogen-bond acceptors (Lipinski definition) is 4. The summed E-state index contributed by atoms with van der Waals surface area (Å²) in [6.45, 7) is 13.1. The lowest BCUT2D eigenvalue weighted by molar-refractivity contribution is -0.147. The molecule has 1 aliphatic rings. The van der Waals surface area contributed by atoms with Crippen molar-refractivity contribution >= 4 is 22.6 Å². The summed E-state index contributed by atoms with van der Waals surface area (Å²) >= 11 is 0. The topological polar surface area (TPSA) is 44.8 Å². The van der Waals surface area contributed by atoms with Gasteiger partial charge in [-0.15, -0.1) is 0 Å². The molecule has 4 nitrogen and oxygen atoms in total. The van der Waals surface area contributed by atoms with Gasteiger partial charge in [0, 0.05) is 6.42 Å². The van der Waals surface area contributed by atoms with E-state index in [4.69, 9.17) is 13.6 Å². The molecule has 1 heterocycles. The summed E-state index contributed by atoms with van der Waals surface area (Å²) in [5.41, 5.74) is 0. The van der Waals surface area contributed by atoms with E-state index in [1.54, 1.807) is 0 Å². The fourth-order valence-corrected chi connectivity index (χ4v) is 3.32. The highest BCUT2D eigenvalue weighted by Gasteiger charge is 2.38. The zero-order valence-electron chi connectivity index (χ0n) is 11.7. The number of carbonyl (C=O) groups is 1. The summed E-state index contributed by atoms with van der Waals surface area (Å²) in [4.78, 5) is 11.6. The molecule has 0 aromatic rings. The van der Waals surface area contributed by atoms with Crippen molar-refractivity contribution in [2.75, 3.05) is 6.61 Å². The van der Waals surface area contributed by atoms with Crippen LogP contribution in [0.4, 0.5) is 0 Å². The number of rotatable bonds is 5. The monoisotopic (exact) mass is 276 g/mol. The molecule has 0 N–H and O–H groups in total. The van der Waals surface area contributed by atoms with Gasteiger partial charge in [0.1, 0.15) is 12.2 Å². The van der Waals surface area contributed by atoms with Crippen LogP contribution in [0, 0.1) is 0 Å². The summed E-state index contributed by atoms with van der Waals surface area (Å²) < 4.78 is 16.8. The Morgan fingerprint density at radius 3 is 2.24 bits per heavy atom. The van der Waals surface area contributed by atoms with Crippen LogP contribution in [0.25, 0.3) is 0 Å². The van der Waals surface area contributed by atoms with Crippen molar-refractivity contribution in [1.29, 1.82) is 0 Å². The van der Waals surface area contributed by atoms with Crippen LogP contribution in [0.15, 0.2) is 0 Å². The molecule has 0 aromatic carbocycles. The lowest BCUT2D eigenvalue weighted by atomic mass is 10.2. The Bertz CT molecular complexity index is 280. The Labute approximate surface area is 106 Å². The lowest BCUT2D eigenvalue weighted by Gasteiger charge is -2.21. The molecule has 0 unspecified atom stereocenters. The Morgan fingerprint density at radius 1 is 1.18 bits per heavy atom. The van der Waals surface area contributed by atoms with Gasteiger partial charge in [0.25, 0.3) is 0 Å². The molecule has 1 rings (SSSR count). The van der Waals surface area contributed by atoms with E-state index in [9.17, 15) is 4.79 Å². The summed E-state index contributed by atoms with van der Waals surface area (Å²) in [6.07, 6.45) is 0.126. The maximum Gasteiger partial charge on any atom is 0.334 e. The summed E-state index contributed by atoms with van der Waals surface area (Å²) in [5, 5.41) is 0. The van der Waals surface area contributed by atoms with Crippen LogP contribution >= 0.6 is 0 Å². The van der Waals surface area contributed by atoms with E-state index in [1.807, 2.05) is 0 Å². The van der Waals surface area contributed by atoms with Crippen molar-refractivity contribution in [3.05, 3.63) is 0 Å². The van der Waals surface area contributed by atoms with E-state index in [-0.39, 0.29) is 18.2 Å². The van der Waals surface area contributed by atoms with E-state index in [0.717, 1.165) is 0 Å². The first-order valence-electron chi connectivity index (χ1n) is 6.09. The van der Waals surface area contributed by atoms with Crippen molar-refractivity contribution in [3.63, 3.8) is 0 Å². The number of esters is 1. The fraction of sp³-hybridized carbons (Fsp3) is 0.909. The van der Waals surface area contributed by atoms with Gasteiger partial charge in [-0.3, -0.25) is 0 Å². The van der Waals surface area contributed by atoms with Gasteiger partial charge in [-0.05, 0) is 39.3 Å². The average Bonchev–Trinajstić information content (AvgIpc) is 2.40. The van der Waals surface area contributed by atoms with E-state index < -0.39 is 16.6 Å². The third-order valence-corrected chi connectivity index (χ3v) is 4.25. The van der Waals surface area contributed by atoms with Gasteiger partial charge in [-0.25, -0.2) is 4.79 Å². The normalized spacial score (nSPS) is 26.1. The van der Waals surface area contributed by atoms with Gasteiger partial charge < -0.3 is 13.6 Å². The summed E-state index contributed by atoms with van der Waals surface area (Å²) in [7, 11) is -3.23. The molecule has 0 saturated carbocycles. The largest absolute Gasteiger partial charge is 0.458 e. The smallest absolute Gasteiger partial charge is 0.334 e. The third-order valence-electron chi connectivity index (χ3n) is 2.22. The minimum Gasteiger partial charge on any atom is -0.458 e. The Kier molecular flexibility index (Phi) is 4.56. The molecule has 0 radical (unpaired) electrons. The highest BCUT2D eigenvalue weighted by atomic mass is 28.4. The molecule has 0 amide bonds.